The Morgan fingerprint density at radius 1 is 1.38 bits per heavy atom. The fourth-order valence-electron chi connectivity index (χ4n) is 1.98. The normalized spacial score (nSPS) is 14.1. The number of Topliss-reactive ketones (excluding diaryl/α,β-unsaturated/α-hetero) is 1. The summed E-state index contributed by atoms with van der Waals surface area (Å²) in [6.07, 6.45) is 3.43. The Hall–Kier alpha value is -1.37. The molecule has 86 valence electrons. The lowest BCUT2D eigenvalue weighted by Crippen LogP contribution is -2.18. The minimum atomic E-state index is -0.0290. The van der Waals surface area contributed by atoms with Gasteiger partial charge in [-0.25, -0.2) is 0 Å². The lowest BCUT2D eigenvalue weighted by molar-refractivity contribution is -0.121. The quantitative estimate of drug-likeness (QED) is 0.658. The summed E-state index contributed by atoms with van der Waals surface area (Å²) in [7, 11) is 0. The van der Waals surface area contributed by atoms with E-state index in [2.05, 4.69) is 13.5 Å². The summed E-state index contributed by atoms with van der Waals surface area (Å²) in [5.74, 6) is 0.487. The van der Waals surface area contributed by atoms with Gasteiger partial charge in [-0.3, -0.25) is 4.79 Å². The monoisotopic (exact) mass is 216 g/mol. The van der Waals surface area contributed by atoms with E-state index in [0.29, 0.717) is 12.2 Å². The largest absolute Gasteiger partial charge is 0.299 e. The lowest BCUT2D eigenvalue weighted by atomic mass is 9.82. The lowest BCUT2D eigenvalue weighted by Gasteiger charge is -2.20. The summed E-state index contributed by atoms with van der Waals surface area (Å²) in [4.78, 5) is 12.1. The van der Waals surface area contributed by atoms with Gasteiger partial charge in [0.1, 0.15) is 5.78 Å². The number of rotatable bonds is 6. The average molecular weight is 216 g/mol. The van der Waals surface area contributed by atoms with Gasteiger partial charge in [0.2, 0.25) is 0 Å². The molecule has 0 N–H and O–H groups in total. The van der Waals surface area contributed by atoms with Crippen molar-refractivity contribution in [2.24, 2.45) is 5.92 Å². The molecular weight excluding hydrogens is 196 g/mol. The predicted molar refractivity (Wildman–Crippen MR) is 68.5 cm³/mol. The molecule has 1 rings (SSSR count). The Kier molecular flexibility index (Phi) is 4.97. The molecule has 0 aliphatic carbocycles. The van der Waals surface area contributed by atoms with Crippen LogP contribution in [0, 0.1) is 5.92 Å². The molecule has 0 aromatic heterocycles. The number of ketones is 1. The van der Waals surface area contributed by atoms with E-state index in [9.17, 15) is 4.79 Å². The van der Waals surface area contributed by atoms with Crippen molar-refractivity contribution in [3.63, 3.8) is 0 Å². The van der Waals surface area contributed by atoms with Crippen LogP contribution in [0.5, 0.6) is 0 Å². The number of carbonyl (C=O) groups excluding carboxylic acids is 1. The van der Waals surface area contributed by atoms with E-state index in [4.69, 9.17) is 0 Å². The van der Waals surface area contributed by atoms with Crippen molar-refractivity contribution in [1.29, 1.82) is 0 Å². The van der Waals surface area contributed by atoms with Crippen molar-refractivity contribution in [2.45, 2.75) is 32.6 Å². The first-order valence-electron chi connectivity index (χ1n) is 5.91. The summed E-state index contributed by atoms with van der Waals surface area (Å²) >= 11 is 0. The zero-order valence-electron chi connectivity index (χ0n) is 10.1. The molecule has 1 nitrogen and oxygen atoms in total. The van der Waals surface area contributed by atoms with Crippen LogP contribution >= 0.6 is 0 Å². The van der Waals surface area contributed by atoms with Crippen molar-refractivity contribution in [3.05, 3.63) is 48.6 Å². The second-order valence-corrected chi connectivity index (χ2v) is 4.20. The van der Waals surface area contributed by atoms with Gasteiger partial charge in [-0.1, -0.05) is 50.3 Å². The molecule has 1 aromatic carbocycles. The van der Waals surface area contributed by atoms with Gasteiger partial charge in [0, 0.05) is 12.3 Å². The van der Waals surface area contributed by atoms with Gasteiger partial charge in [-0.05, 0) is 17.9 Å². The third-order valence-electron chi connectivity index (χ3n) is 2.90. The number of allylic oxidation sites excluding steroid dienone is 1. The van der Waals surface area contributed by atoms with E-state index < -0.39 is 0 Å². The fourth-order valence-corrected chi connectivity index (χ4v) is 1.98. The minimum Gasteiger partial charge on any atom is -0.299 e. The molecule has 1 aromatic rings. The van der Waals surface area contributed by atoms with E-state index in [1.807, 2.05) is 43.3 Å². The van der Waals surface area contributed by atoms with Gasteiger partial charge in [0.05, 0.1) is 0 Å². The second-order valence-electron chi connectivity index (χ2n) is 4.20. The molecule has 0 aliphatic rings. The Bertz CT molecular complexity index is 340. The average Bonchev–Trinajstić information content (AvgIpc) is 2.31. The Balaban J connectivity index is 2.96. The van der Waals surface area contributed by atoms with Gasteiger partial charge in [0.15, 0.2) is 0 Å². The molecule has 0 spiro atoms. The van der Waals surface area contributed by atoms with Gasteiger partial charge in [0.25, 0.3) is 0 Å². The Morgan fingerprint density at radius 3 is 2.50 bits per heavy atom. The first-order chi connectivity index (χ1) is 7.70. The van der Waals surface area contributed by atoms with Crippen LogP contribution in [0.3, 0.4) is 0 Å². The summed E-state index contributed by atoms with van der Waals surface area (Å²) in [5, 5.41) is 0. The first-order valence-corrected chi connectivity index (χ1v) is 5.91. The third-order valence-corrected chi connectivity index (χ3v) is 2.90. The van der Waals surface area contributed by atoms with E-state index in [0.717, 1.165) is 12.0 Å². The molecule has 16 heavy (non-hydrogen) atoms. The molecular formula is C15H20O. The van der Waals surface area contributed by atoms with Crippen molar-refractivity contribution < 1.29 is 4.79 Å². The van der Waals surface area contributed by atoms with Crippen LogP contribution in [0.15, 0.2) is 43.0 Å². The van der Waals surface area contributed by atoms with Gasteiger partial charge >= 0.3 is 0 Å². The predicted octanol–water partition coefficient (Wildman–Crippen LogP) is 3.96. The highest BCUT2D eigenvalue weighted by atomic mass is 16.1. The minimum absolute atomic E-state index is 0.0290. The van der Waals surface area contributed by atoms with Crippen molar-refractivity contribution in [3.8, 4) is 0 Å². The highest BCUT2D eigenvalue weighted by molar-refractivity contribution is 5.86. The fraction of sp³-hybridized carbons (Fsp3) is 0.400. The van der Waals surface area contributed by atoms with Crippen LogP contribution in [0.2, 0.25) is 0 Å². The summed E-state index contributed by atoms with van der Waals surface area (Å²) in [5.41, 5.74) is 1.10. The maximum absolute atomic E-state index is 12.1. The molecule has 2 unspecified atom stereocenters. The molecule has 0 bridgehead atoms. The molecule has 0 saturated heterocycles. The number of carbonyl (C=O) groups is 1. The van der Waals surface area contributed by atoms with Crippen molar-refractivity contribution >= 4 is 5.78 Å². The molecule has 2 atom stereocenters. The zero-order chi connectivity index (χ0) is 12.0. The smallest absolute Gasteiger partial charge is 0.140 e. The van der Waals surface area contributed by atoms with E-state index in [1.54, 1.807) is 0 Å². The summed E-state index contributed by atoms with van der Waals surface area (Å²) < 4.78 is 0. The van der Waals surface area contributed by atoms with Crippen LogP contribution in [0.4, 0.5) is 0 Å². The third kappa shape index (κ3) is 3.06. The van der Waals surface area contributed by atoms with Crippen LogP contribution in [-0.2, 0) is 4.79 Å². The molecule has 1 heteroatoms. The standard InChI is InChI=1S/C15H20O/c1-4-9-14(16)15(12(3)5-2)13-10-7-6-8-11-13/h5-8,10-12,15H,2,4,9H2,1,3H3. The van der Waals surface area contributed by atoms with Gasteiger partial charge in [-0.2, -0.15) is 0 Å². The SMILES string of the molecule is C=CC(C)C(C(=O)CCC)c1ccccc1. The van der Waals surface area contributed by atoms with Crippen molar-refractivity contribution in [1.82, 2.24) is 0 Å². The van der Waals surface area contributed by atoms with Crippen LogP contribution < -0.4 is 0 Å². The Labute approximate surface area is 98.2 Å². The number of hydrogen-bond donors (Lipinski definition) is 0. The number of hydrogen-bond acceptors (Lipinski definition) is 1. The van der Waals surface area contributed by atoms with Crippen LogP contribution in [0.25, 0.3) is 0 Å². The van der Waals surface area contributed by atoms with E-state index >= 15 is 0 Å². The van der Waals surface area contributed by atoms with Crippen molar-refractivity contribution in [2.75, 3.05) is 0 Å². The highest BCUT2D eigenvalue weighted by Gasteiger charge is 2.23. The topological polar surface area (TPSA) is 17.1 Å². The highest BCUT2D eigenvalue weighted by Crippen LogP contribution is 2.27. The molecule has 0 fully saturated rings. The summed E-state index contributed by atoms with van der Waals surface area (Å²) in [6.45, 7) is 7.89. The Morgan fingerprint density at radius 2 is 2.00 bits per heavy atom. The zero-order valence-corrected chi connectivity index (χ0v) is 10.1. The molecule has 0 saturated carbocycles. The number of benzene rings is 1. The van der Waals surface area contributed by atoms with Crippen LogP contribution in [-0.4, -0.2) is 5.78 Å². The van der Waals surface area contributed by atoms with E-state index in [1.165, 1.54) is 0 Å². The van der Waals surface area contributed by atoms with Gasteiger partial charge < -0.3 is 0 Å². The maximum atomic E-state index is 12.1. The van der Waals surface area contributed by atoms with Crippen LogP contribution in [0.1, 0.15) is 38.2 Å². The molecule has 0 radical (unpaired) electrons. The molecule has 0 amide bonds. The maximum Gasteiger partial charge on any atom is 0.140 e. The van der Waals surface area contributed by atoms with Gasteiger partial charge in [-0.15, -0.1) is 6.58 Å². The second kappa shape index (κ2) is 6.26. The molecule has 0 aliphatic heterocycles. The summed E-state index contributed by atoms with van der Waals surface area (Å²) in [6, 6.07) is 9.99. The first kappa shape index (κ1) is 12.7. The molecule has 0 heterocycles. The van der Waals surface area contributed by atoms with E-state index in [-0.39, 0.29) is 11.8 Å².